The first kappa shape index (κ1) is 13.2. The van der Waals surface area contributed by atoms with Gasteiger partial charge in [-0.1, -0.05) is 6.92 Å². The lowest BCUT2D eigenvalue weighted by Gasteiger charge is -2.09. The van der Waals surface area contributed by atoms with Gasteiger partial charge in [-0.05, 0) is 13.8 Å². The van der Waals surface area contributed by atoms with Crippen molar-refractivity contribution in [1.82, 2.24) is 9.78 Å². The van der Waals surface area contributed by atoms with Crippen molar-refractivity contribution in [3.8, 4) is 0 Å². The zero-order valence-corrected chi connectivity index (χ0v) is 10.2. The molecule has 0 aliphatic rings. The van der Waals surface area contributed by atoms with Crippen molar-refractivity contribution in [1.29, 1.82) is 0 Å². The summed E-state index contributed by atoms with van der Waals surface area (Å²) in [5.41, 5.74) is 7.35. The van der Waals surface area contributed by atoms with Crippen LogP contribution in [0.1, 0.15) is 23.9 Å². The molecule has 3 N–H and O–H groups in total. The molecule has 1 atom stereocenters. The van der Waals surface area contributed by atoms with E-state index >= 15 is 0 Å². The first-order chi connectivity index (χ1) is 7.82. The summed E-state index contributed by atoms with van der Waals surface area (Å²) in [6.07, 6.45) is -0.0530. The predicted molar refractivity (Wildman–Crippen MR) is 61.4 cm³/mol. The van der Waals surface area contributed by atoms with Crippen LogP contribution < -0.4 is 5.73 Å². The molecule has 1 unspecified atom stereocenters. The number of carbonyl (C=O) groups is 2. The molecular weight excluding hydrogens is 222 g/mol. The molecule has 1 aromatic heterocycles. The maximum Gasteiger partial charge on any atom is 0.307 e. The molecule has 6 heteroatoms. The number of carbonyl (C=O) groups excluding carboxylic acids is 1. The van der Waals surface area contributed by atoms with E-state index < -0.39 is 11.9 Å². The number of rotatable bonds is 5. The van der Waals surface area contributed by atoms with E-state index in [1.54, 1.807) is 25.5 Å². The molecule has 0 bridgehead atoms. The molecule has 0 aromatic carbocycles. The highest BCUT2D eigenvalue weighted by Crippen LogP contribution is 2.15. The van der Waals surface area contributed by atoms with Crippen LogP contribution in [-0.2, 0) is 22.6 Å². The SMILES string of the molecule is Cc1nn(CC(C)C(N)=O)c(C)c1CC(=O)O. The van der Waals surface area contributed by atoms with Gasteiger partial charge < -0.3 is 10.8 Å². The fourth-order valence-electron chi connectivity index (χ4n) is 1.67. The summed E-state index contributed by atoms with van der Waals surface area (Å²) in [4.78, 5) is 21.7. The maximum absolute atomic E-state index is 11.0. The number of nitrogens with two attached hydrogens (primary N) is 1. The Labute approximate surface area is 99.4 Å². The smallest absolute Gasteiger partial charge is 0.307 e. The van der Waals surface area contributed by atoms with Gasteiger partial charge in [0.25, 0.3) is 0 Å². The lowest BCUT2D eigenvalue weighted by Crippen LogP contribution is -2.25. The molecule has 1 heterocycles. The number of aryl methyl sites for hydroxylation is 1. The van der Waals surface area contributed by atoms with Crippen molar-refractivity contribution in [2.45, 2.75) is 33.7 Å². The summed E-state index contributed by atoms with van der Waals surface area (Å²) in [5.74, 6) is -1.61. The van der Waals surface area contributed by atoms with Crippen LogP contribution in [0.25, 0.3) is 0 Å². The number of amides is 1. The number of primary amides is 1. The molecule has 1 amide bonds. The molecule has 0 saturated carbocycles. The summed E-state index contributed by atoms with van der Waals surface area (Å²) in [6, 6.07) is 0. The topological polar surface area (TPSA) is 98.2 Å². The summed E-state index contributed by atoms with van der Waals surface area (Å²) < 4.78 is 1.64. The van der Waals surface area contributed by atoms with Crippen LogP contribution in [-0.4, -0.2) is 26.8 Å². The molecule has 0 fully saturated rings. The quantitative estimate of drug-likeness (QED) is 0.769. The van der Waals surface area contributed by atoms with Crippen LogP contribution in [0.5, 0.6) is 0 Å². The number of carboxylic acids is 1. The van der Waals surface area contributed by atoms with Gasteiger partial charge in [-0.2, -0.15) is 5.10 Å². The van der Waals surface area contributed by atoms with E-state index in [0.717, 1.165) is 5.69 Å². The van der Waals surface area contributed by atoms with E-state index in [4.69, 9.17) is 10.8 Å². The number of aromatic nitrogens is 2. The van der Waals surface area contributed by atoms with E-state index in [9.17, 15) is 9.59 Å². The number of hydrogen-bond acceptors (Lipinski definition) is 3. The minimum atomic E-state index is -0.890. The lowest BCUT2D eigenvalue weighted by atomic mass is 10.1. The van der Waals surface area contributed by atoms with Gasteiger partial charge in [0.05, 0.1) is 24.6 Å². The number of aliphatic carboxylic acids is 1. The summed E-state index contributed by atoms with van der Waals surface area (Å²) in [6.45, 7) is 5.65. The Morgan fingerprint density at radius 1 is 1.47 bits per heavy atom. The molecule has 17 heavy (non-hydrogen) atoms. The normalized spacial score (nSPS) is 12.4. The minimum absolute atomic E-state index is 0.0530. The van der Waals surface area contributed by atoms with Crippen LogP contribution in [0, 0.1) is 19.8 Å². The van der Waals surface area contributed by atoms with Gasteiger partial charge in [-0.3, -0.25) is 14.3 Å². The van der Waals surface area contributed by atoms with Gasteiger partial charge >= 0.3 is 5.97 Å². The first-order valence-electron chi connectivity index (χ1n) is 5.37. The zero-order chi connectivity index (χ0) is 13.2. The highest BCUT2D eigenvalue weighted by atomic mass is 16.4. The standard InChI is InChI=1S/C11H17N3O3/c1-6(11(12)17)5-14-8(3)9(4-10(15)16)7(2)13-14/h6H,4-5H2,1-3H3,(H2,12,17)(H,15,16). The van der Waals surface area contributed by atoms with Crippen LogP contribution in [0.2, 0.25) is 0 Å². The van der Waals surface area contributed by atoms with Gasteiger partial charge in [0, 0.05) is 11.3 Å². The van der Waals surface area contributed by atoms with E-state index in [0.29, 0.717) is 17.8 Å². The molecular formula is C11H17N3O3. The number of nitrogens with zero attached hydrogens (tertiary/aromatic N) is 2. The molecule has 0 saturated heterocycles. The second-order valence-corrected chi connectivity index (χ2v) is 4.21. The Balaban J connectivity index is 2.96. The van der Waals surface area contributed by atoms with Crippen LogP contribution in [0.15, 0.2) is 0 Å². The van der Waals surface area contributed by atoms with Crippen molar-refractivity contribution in [2.75, 3.05) is 0 Å². The number of hydrogen-bond donors (Lipinski definition) is 2. The van der Waals surface area contributed by atoms with Crippen molar-refractivity contribution >= 4 is 11.9 Å². The van der Waals surface area contributed by atoms with Crippen molar-refractivity contribution in [3.05, 3.63) is 17.0 Å². The highest BCUT2D eigenvalue weighted by molar-refractivity contribution is 5.76. The summed E-state index contributed by atoms with van der Waals surface area (Å²) >= 11 is 0. The maximum atomic E-state index is 11.0. The number of carboxylic acid groups (broad SMARTS) is 1. The first-order valence-corrected chi connectivity index (χ1v) is 5.37. The van der Waals surface area contributed by atoms with E-state index in [1.165, 1.54) is 0 Å². The minimum Gasteiger partial charge on any atom is -0.481 e. The molecule has 0 radical (unpaired) electrons. The third kappa shape index (κ3) is 3.05. The third-order valence-electron chi connectivity index (χ3n) is 2.79. The third-order valence-corrected chi connectivity index (χ3v) is 2.79. The second-order valence-electron chi connectivity index (χ2n) is 4.21. The molecule has 1 rings (SSSR count). The molecule has 94 valence electrons. The van der Waals surface area contributed by atoms with Crippen molar-refractivity contribution < 1.29 is 14.7 Å². The van der Waals surface area contributed by atoms with Gasteiger partial charge in [-0.25, -0.2) is 0 Å². The van der Waals surface area contributed by atoms with E-state index in [1.807, 2.05) is 0 Å². The average Bonchev–Trinajstić information content (AvgIpc) is 2.45. The molecule has 0 spiro atoms. The van der Waals surface area contributed by atoms with Crippen LogP contribution >= 0.6 is 0 Å². The fraction of sp³-hybridized carbons (Fsp3) is 0.545. The Bertz CT molecular complexity index is 451. The molecule has 1 aromatic rings. The Morgan fingerprint density at radius 2 is 2.06 bits per heavy atom. The fourth-order valence-corrected chi connectivity index (χ4v) is 1.67. The Kier molecular flexibility index (Phi) is 3.88. The monoisotopic (exact) mass is 239 g/mol. The Morgan fingerprint density at radius 3 is 2.53 bits per heavy atom. The summed E-state index contributed by atoms with van der Waals surface area (Å²) in [5, 5.41) is 13.0. The van der Waals surface area contributed by atoms with Gasteiger partial charge in [-0.15, -0.1) is 0 Å². The average molecular weight is 239 g/mol. The zero-order valence-electron chi connectivity index (χ0n) is 10.2. The van der Waals surface area contributed by atoms with Gasteiger partial charge in [0.15, 0.2) is 0 Å². The lowest BCUT2D eigenvalue weighted by molar-refractivity contribution is -0.136. The van der Waals surface area contributed by atoms with Gasteiger partial charge in [0.1, 0.15) is 0 Å². The van der Waals surface area contributed by atoms with Crippen LogP contribution in [0.4, 0.5) is 0 Å². The van der Waals surface area contributed by atoms with E-state index in [-0.39, 0.29) is 12.3 Å². The molecule has 0 aliphatic carbocycles. The predicted octanol–water partition coefficient (Wildman–Crippen LogP) is 0.248. The second kappa shape index (κ2) is 4.99. The van der Waals surface area contributed by atoms with Gasteiger partial charge in [0.2, 0.25) is 5.91 Å². The van der Waals surface area contributed by atoms with Crippen LogP contribution in [0.3, 0.4) is 0 Å². The van der Waals surface area contributed by atoms with Crippen molar-refractivity contribution in [2.24, 2.45) is 11.7 Å². The molecule has 6 nitrogen and oxygen atoms in total. The summed E-state index contributed by atoms with van der Waals surface area (Å²) in [7, 11) is 0. The van der Waals surface area contributed by atoms with E-state index in [2.05, 4.69) is 5.10 Å². The largest absolute Gasteiger partial charge is 0.481 e. The highest BCUT2D eigenvalue weighted by Gasteiger charge is 2.17. The molecule has 0 aliphatic heterocycles. The van der Waals surface area contributed by atoms with Crippen molar-refractivity contribution in [3.63, 3.8) is 0 Å². The Hall–Kier alpha value is -1.85.